The van der Waals surface area contributed by atoms with Crippen molar-refractivity contribution in [1.82, 2.24) is 4.98 Å². The molecule has 3 nitrogen and oxygen atoms in total. The lowest BCUT2D eigenvalue weighted by Crippen LogP contribution is -1.82. The van der Waals surface area contributed by atoms with Crippen LogP contribution in [0.4, 0.5) is 0 Å². The van der Waals surface area contributed by atoms with Gasteiger partial charge in [0.15, 0.2) is 5.76 Å². The maximum Gasteiger partial charge on any atom is 0.196 e. The van der Waals surface area contributed by atoms with Crippen molar-refractivity contribution in [3.05, 3.63) is 34.8 Å². The number of rotatable bonds is 1. The first-order valence-electron chi connectivity index (χ1n) is 3.15. The molecule has 0 spiro atoms. The molecule has 0 aromatic carbocycles. The maximum atomic E-state index is 8.84. The molecule has 0 aliphatic rings. The van der Waals surface area contributed by atoms with E-state index in [1.807, 2.05) is 0 Å². The predicted molar refractivity (Wildman–Crippen MR) is 45.5 cm³/mol. The van der Waals surface area contributed by atoms with Gasteiger partial charge in [-0.2, -0.15) is 5.26 Å². The number of allylic oxidation sites excluding steroid dienone is 1. The molecule has 1 rings (SSSR count). The van der Waals surface area contributed by atoms with Crippen LogP contribution in [0.15, 0.2) is 24.1 Å². The molecule has 0 atom stereocenters. The summed E-state index contributed by atoms with van der Waals surface area (Å²) in [5, 5.41) is 17.5. The molecule has 0 aliphatic carbocycles. The van der Waals surface area contributed by atoms with Crippen molar-refractivity contribution in [3.8, 4) is 6.07 Å². The fourth-order valence-corrected chi connectivity index (χ4v) is 0.842. The normalized spacial score (nSPS) is 10.8. The molecular weight excluding hydrogens is 176 g/mol. The van der Waals surface area contributed by atoms with Gasteiger partial charge < -0.3 is 5.11 Å². The van der Waals surface area contributed by atoms with Gasteiger partial charge in [0.1, 0.15) is 6.07 Å². The average molecular weight is 181 g/mol. The van der Waals surface area contributed by atoms with E-state index in [9.17, 15) is 0 Å². The van der Waals surface area contributed by atoms with Crippen LogP contribution in [-0.2, 0) is 0 Å². The topological polar surface area (TPSA) is 56.9 Å². The minimum absolute atomic E-state index is 0.387. The molecule has 0 bridgehead atoms. The highest BCUT2D eigenvalue weighted by atomic mass is 35.5. The van der Waals surface area contributed by atoms with E-state index in [0.29, 0.717) is 10.7 Å². The number of aliphatic hydroxyl groups excluding tert-OH is 1. The molecule has 0 fully saturated rings. The summed E-state index contributed by atoms with van der Waals surface area (Å²) in [5.41, 5.74) is 0.387. The lowest BCUT2D eigenvalue weighted by Gasteiger charge is -1.94. The van der Waals surface area contributed by atoms with Crippen LogP contribution in [0, 0.1) is 11.3 Å². The first-order chi connectivity index (χ1) is 5.74. The smallest absolute Gasteiger partial charge is 0.196 e. The molecule has 12 heavy (non-hydrogen) atoms. The molecule has 1 heterocycles. The third-order valence-corrected chi connectivity index (χ3v) is 1.49. The third kappa shape index (κ3) is 1.97. The summed E-state index contributed by atoms with van der Waals surface area (Å²) in [4.78, 5) is 3.85. The van der Waals surface area contributed by atoms with Gasteiger partial charge in [-0.05, 0) is 12.1 Å². The van der Waals surface area contributed by atoms with Crippen molar-refractivity contribution in [3.63, 3.8) is 0 Å². The summed E-state index contributed by atoms with van der Waals surface area (Å²) in [6.45, 7) is 0. The van der Waals surface area contributed by atoms with Crippen LogP contribution in [0.5, 0.6) is 0 Å². The van der Waals surface area contributed by atoms with Gasteiger partial charge in [-0.25, -0.2) is 0 Å². The van der Waals surface area contributed by atoms with Gasteiger partial charge >= 0.3 is 0 Å². The Bertz CT molecular complexity index is 354. The zero-order chi connectivity index (χ0) is 8.97. The number of nitrogens with zero attached hydrogens (tertiary/aromatic N) is 2. The molecule has 0 aliphatic heterocycles. The second kappa shape index (κ2) is 3.74. The summed E-state index contributed by atoms with van der Waals surface area (Å²) in [5.74, 6) is -0.407. The molecule has 0 saturated heterocycles. The Hall–Kier alpha value is -1.53. The van der Waals surface area contributed by atoms with Crippen LogP contribution in [0.3, 0.4) is 0 Å². The monoisotopic (exact) mass is 180 g/mol. The Morgan fingerprint density at radius 3 is 3.08 bits per heavy atom. The summed E-state index contributed by atoms with van der Waals surface area (Å²) in [7, 11) is 0. The van der Waals surface area contributed by atoms with Gasteiger partial charge in [0, 0.05) is 12.3 Å². The van der Waals surface area contributed by atoms with E-state index in [2.05, 4.69) is 4.98 Å². The lowest BCUT2D eigenvalue weighted by atomic mass is 10.3. The number of aliphatic hydroxyl groups is 1. The molecule has 60 valence electrons. The van der Waals surface area contributed by atoms with Crippen LogP contribution in [0.1, 0.15) is 5.69 Å². The van der Waals surface area contributed by atoms with Crippen molar-refractivity contribution in [2.45, 2.75) is 0 Å². The largest absolute Gasteiger partial charge is 0.499 e. The average Bonchev–Trinajstić information content (AvgIpc) is 2.09. The van der Waals surface area contributed by atoms with E-state index < -0.39 is 5.76 Å². The molecule has 0 saturated carbocycles. The van der Waals surface area contributed by atoms with Crippen LogP contribution < -0.4 is 0 Å². The highest BCUT2D eigenvalue weighted by Gasteiger charge is 1.97. The number of pyridine rings is 1. The maximum absolute atomic E-state index is 8.84. The minimum atomic E-state index is -0.407. The van der Waals surface area contributed by atoms with Crippen molar-refractivity contribution in [1.29, 1.82) is 5.26 Å². The van der Waals surface area contributed by atoms with E-state index in [-0.39, 0.29) is 0 Å². The zero-order valence-corrected chi connectivity index (χ0v) is 6.78. The molecule has 1 aromatic heterocycles. The number of hydrogen-bond donors (Lipinski definition) is 1. The summed E-state index contributed by atoms with van der Waals surface area (Å²) < 4.78 is 0. The van der Waals surface area contributed by atoms with E-state index in [4.69, 9.17) is 22.0 Å². The summed E-state index contributed by atoms with van der Waals surface area (Å²) >= 11 is 5.70. The van der Waals surface area contributed by atoms with Crippen LogP contribution in [0.25, 0.3) is 6.08 Å². The quantitative estimate of drug-likeness (QED) is 0.409. The van der Waals surface area contributed by atoms with E-state index in [1.165, 1.54) is 12.3 Å². The van der Waals surface area contributed by atoms with E-state index in [1.54, 1.807) is 18.2 Å². The van der Waals surface area contributed by atoms with E-state index >= 15 is 0 Å². The second-order valence-electron chi connectivity index (χ2n) is 2.01. The number of nitriles is 1. The number of aromatic nitrogens is 1. The summed E-state index contributed by atoms with van der Waals surface area (Å²) in [6, 6.07) is 4.86. The highest BCUT2D eigenvalue weighted by molar-refractivity contribution is 6.31. The highest BCUT2D eigenvalue weighted by Crippen LogP contribution is 2.14. The van der Waals surface area contributed by atoms with Crippen molar-refractivity contribution in [2.75, 3.05) is 0 Å². The Morgan fingerprint density at radius 1 is 1.75 bits per heavy atom. The fourth-order valence-electron chi connectivity index (χ4n) is 0.666. The van der Waals surface area contributed by atoms with Crippen LogP contribution in [-0.4, -0.2) is 10.1 Å². The molecule has 1 N–H and O–H groups in total. The van der Waals surface area contributed by atoms with Crippen molar-refractivity contribution < 1.29 is 5.11 Å². The predicted octanol–water partition coefficient (Wildman–Crippen LogP) is 2.16. The van der Waals surface area contributed by atoms with Gasteiger partial charge in [-0.3, -0.25) is 4.98 Å². The Labute approximate surface area is 74.5 Å². The number of halogens is 1. The van der Waals surface area contributed by atoms with Gasteiger partial charge in [-0.1, -0.05) is 11.6 Å². The first-order valence-corrected chi connectivity index (χ1v) is 3.53. The molecule has 0 amide bonds. The van der Waals surface area contributed by atoms with E-state index in [0.717, 1.165) is 0 Å². The SMILES string of the molecule is N#C/C(O)=C/c1ncccc1Cl. The molecule has 4 heteroatoms. The molecule has 0 radical (unpaired) electrons. The summed E-state index contributed by atoms with van der Waals surface area (Å²) in [6.07, 6.45) is 2.74. The van der Waals surface area contributed by atoms with Crippen LogP contribution >= 0.6 is 11.6 Å². The van der Waals surface area contributed by atoms with Gasteiger partial charge in [0.25, 0.3) is 0 Å². The van der Waals surface area contributed by atoms with Crippen molar-refractivity contribution in [2.24, 2.45) is 0 Å². The Kier molecular flexibility index (Phi) is 2.67. The lowest BCUT2D eigenvalue weighted by molar-refractivity contribution is 0.441. The third-order valence-electron chi connectivity index (χ3n) is 1.17. The van der Waals surface area contributed by atoms with Crippen molar-refractivity contribution >= 4 is 17.7 Å². The van der Waals surface area contributed by atoms with Gasteiger partial charge in [0.2, 0.25) is 0 Å². The fraction of sp³-hybridized carbons (Fsp3) is 0. The van der Waals surface area contributed by atoms with Gasteiger partial charge in [-0.15, -0.1) is 0 Å². The molecule has 0 unspecified atom stereocenters. The van der Waals surface area contributed by atoms with Crippen LogP contribution in [0.2, 0.25) is 5.02 Å². The first kappa shape index (κ1) is 8.57. The molecule has 1 aromatic rings. The number of hydrogen-bond acceptors (Lipinski definition) is 3. The Balaban J connectivity index is 3.06. The molecular formula is C8H5ClN2O. The second-order valence-corrected chi connectivity index (χ2v) is 2.42. The zero-order valence-electron chi connectivity index (χ0n) is 6.03. The van der Waals surface area contributed by atoms with Gasteiger partial charge in [0.05, 0.1) is 10.7 Å². The minimum Gasteiger partial charge on any atom is -0.499 e. The Morgan fingerprint density at radius 2 is 2.50 bits per heavy atom. The standard InChI is InChI=1S/C8H5ClN2O/c9-7-2-1-3-11-8(7)4-6(12)5-10/h1-4,12H/b6-4-.